The van der Waals surface area contributed by atoms with Crippen molar-refractivity contribution in [1.29, 1.82) is 0 Å². The second-order valence-electron chi connectivity index (χ2n) is 8.97. The van der Waals surface area contributed by atoms with E-state index in [1.165, 1.54) is 7.11 Å². The summed E-state index contributed by atoms with van der Waals surface area (Å²) < 4.78 is 10.5. The molecule has 7 heteroatoms. The predicted octanol–water partition coefficient (Wildman–Crippen LogP) is 5.12. The number of rotatable bonds is 8. The van der Waals surface area contributed by atoms with Gasteiger partial charge in [0.15, 0.2) is 0 Å². The van der Waals surface area contributed by atoms with Gasteiger partial charge in [0.1, 0.15) is 5.75 Å². The quantitative estimate of drug-likeness (QED) is 0.265. The summed E-state index contributed by atoms with van der Waals surface area (Å²) in [6.07, 6.45) is 4.18. The smallest absolute Gasteiger partial charge is 0.337 e. The predicted molar refractivity (Wildman–Crippen MR) is 145 cm³/mol. The number of esters is 1. The van der Waals surface area contributed by atoms with Gasteiger partial charge in [-0.1, -0.05) is 30.3 Å². The summed E-state index contributed by atoms with van der Waals surface area (Å²) in [5.41, 5.74) is 7.42. The molecule has 1 heterocycles. The van der Waals surface area contributed by atoms with E-state index in [0.29, 0.717) is 17.5 Å². The van der Waals surface area contributed by atoms with Crippen LogP contribution in [0.25, 0.3) is 0 Å². The fraction of sp³-hybridized carbons (Fsp3) is 0.233. The summed E-state index contributed by atoms with van der Waals surface area (Å²) in [6.45, 7) is 5.01. The zero-order valence-corrected chi connectivity index (χ0v) is 21.5. The molecule has 0 aliphatic carbocycles. The van der Waals surface area contributed by atoms with Crippen molar-refractivity contribution >= 4 is 23.8 Å². The maximum atomic E-state index is 12.4. The molecule has 0 saturated carbocycles. The van der Waals surface area contributed by atoms with Crippen LogP contribution in [0.5, 0.6) is 5.75 Å². The number of allylic oxidation sites excluding steroid dienone is 2. The van der Waals surface area contributed by atoms with E-state index in [0.717, 1.165) is 34.8 Å². The van der Waals surface area contributed by atoms with Gasteiger partial charge in [-0.25, -0.2) is 10.2 Å². The van der Waals surface area contributed by atoms with Crippen molar-refractivity contribution in [3.63, 3.8) is 0 Å². The minimum Gasteiger partial charge on any atom is -0.497 e. The lowest BCUT2D eigenvalue weighted by atomic mass is 9.76. The molecule has 0 radical (unpaired) electrons. The molecule has 37 heavy (non-hydrogen) atoms. The fourth-order valence-corrected chi connectivity index (χ4v) is 4.88. The average molecular weight is 498 g/mol. The molecule has 0 saturated heterocycles. The molecular weight excluding hydrogens is 466 g/mol. The number of hydrogen-bond acceptors (Lipinski definition) is 6. The zero-order chi connectivity index (χ0) is 26.4. The van der Waals surface area contributed by atoms with E-state index in [-0.39, 0.29) is 11.9 Å². The van der Waals surface area contributed by atoms with E-state index in [1.54, 1.807) is 31.5 Å². The third-order valence-corrected chi connectivity index (χ3v) is 6.68. The summed E-state index contributed by atoms with van der Waals surface area (Å²) in [5, 5.41) is 4.18. The molecule has 3 aromatic rings. The standard InChI is InChI=1S/C30H31N3O4/c1-5-33-26-15-14-24(36-3)19-25(26)30(2,20-21-10-9-13-23(18-21)29(35)37-4)27(33)16-17-31-32-28(34)22-11-7-6-8-12-22/h6-19H,5,20H2,1-4H3,(H,32,34)/b27-16-,31-17+. The van der Waals surface area contributed by atoms with Gasteiger partial charge < -0.3 is 14.4 Å². The topological polar surface area (TPSA) is 80.2 Å². The molecule has 1 N–H and O–H groups in total. The van der Waals surface area contributed by atoms with Gasteiger partial charge in [0.25, 0.3) is 5.91 Å². The van der Waals surface area contributed by atoms with Crippen LogP contribution in [-0.2, 0) is 16.6 Å². The Bertz CT molecular complexity index is 1350. The van der Waals surface area contributed by atoms with Gasteiger partial charge >= 0.3 is 5.97 Å². The van der Waals surface area contributed by atoms with Crippen LogP contribution in [0.4, 0.5) is 5.69 Å². The number of benzene rings is 3. The number of anilines is 1. The fourth-order valence-electron chi connectivity index (χ4n) is 4.88. The summed E-state index contributed by atoms with van der Waals surface area (Å²) in [4.78, 5) is 26.8. The first-order valence-corrected chi connectivity index (χ1v) is 12.1. The number of carbonyl (C=O) groups is 2. The van der Waals surface area contributed by atoms with Crippen molar-refractivity contribution in [2.75, 3.05) is 25.7 Å². The molecule has 0 aromatic heterocycles. The highest BCUT2D eigenvalue weighted by Gasteiger charge is 2.43. The highest BCUT2D eigenvalue weighted by molar-refractivity contribution is 5.94. The minimum atomic E-state index is -0.454. The summed E-state index contributed by atoms with van der Waals surface area (Å²) in [7, 11) is 3.04. The molecule has 1 atom stereocenters. The lowest BCUT2D eigenvalue weighted by Gasteiger charge is -2.30. The molecule has 1 aliphatic rings. The van der Waals surface area contributed by atoms with Crippen LogP contribution in [0, 0.1) is 0 Å². The van der Waals surface area contributed by atoms with Crippen LogP contribution in [0.3, 0.4) is 0 Å². The van der Waals surface area contributed by atoms with E-state index >= 15 is 0 Å². The molecule has 0 bridgehead atoms. The number of likely N-dealkylation sites (N-methyl/N-ethyl adjacent to an activating group) is 1. The Morgan fingerprint density at radius 2 is 1.76 bits per heavy atom. The van der Waals surface area contributed by atoms with Crippen molar-refractivity contribution in [3.05, 3.63) is 107 Å². The van der Waals surface area contributed by atoms with Gasteiger partial charge in [-0.05, 0) is 79.9 Å². The number of carbonyl (C=O) groups excluding carboxylic acids is 2. The van der Waals surface area contributed by atoms with Gasteiger partial charge in [-0.3, -0.25) is 4.79 Å². The maximum Gasteiger partial charge on any atom is 0.337 e. The Morgan fingerprint density at radius 1 is 1.00 bits per heavy atom. The first kappa shape index (κ1) is 25.7. The number of nitrogens with zero attached hydrogens (tertiary/aromatic N) is 2. The monoisotopic (exact) mass is 497 g/mol. The van der Waals surface area contributed by atoms with E-state index in [2.05, 4.69) is 41.4 Å². The zero-order valence-electron chi connectivity index (χ0n) is 21.5. The number of hydrazone groups is 1. The molecule has 4 rings (SSSR count). The van der Waals surface area contributed by atoms with Gasteiger partial charge in [0, 0.05) is 35.1 Å². The van der Waals surface area contributed by atoms with Gasteiger partial charge in [0.2, 0.25) is 0 Å². The van der Waals surface area contributed by atoms with Crippen LogP contribution < -0.4 is 15.1 Å². The van der Waals surface area contributed by atoms with Crippen LogP contribution in [-0.4, -0.2) is 38.9 Å². The number of methoxy groups -OCH3 is 2. The van der Waals surface area contributed by atoms with Crippen molar-refractivity contribution in [1.82, 2.24) is 5.43 Å². The summed E-state index contributed by atoms with van der Waals surface area (Å²) >= 11 is 0. The van der Waals surface area contributed by atoms with E-state index < -0.39 is 5.41 Å². The van der Waals surface area contributed by atoms with Crippen molar-refractivity contribution in [3.8, 4) is 5.75 Å². The number of nitrogens with one attached hydrogen (secondary N) is 1. The second-order valence-corrected chi connectivity index (χ2v) is 8.97. The van der Waals surface area contributed by atoms with Crippen molar-refractivity contribution < 1.29 is 19.1 Å². The number of ether oxygens (including phenoxy) is 2. The molecule has 1 aliphatic heterocycles. The highest BCUT2D eigenvalue weighted by Crippen LogP contribution is 2.50. The maximum absolute atomic E-state index is 12.4. The van der Waals surface area contributed by atoms with Crippen molar-refractivity contribution in [2.45, 2.75) is 25.7 Å². The molecule has 190 valence electrons. The van der Waals surface area contributed by atoms with E-state index in [1.807, 2.05) is 48.5 Å². The lowest BCUT2D eigenvalue weighted by Crippen LogP contribution is -2.31. The number of hydrogen-bond donors (Lipinski definition) is 1. The van der Waals surface area contributed by atoms with Gasteiger partial charge in [-0.2, -0.15) is 5.10 Å². The Morgan fingerprint density at radius 3 is 2.46 bits per heavy atom. The van der Waals surface area contributed by atoms with Gasteiger partial charge in [-0.15, -0.1) is 0 Å². The Balaban J connectivity index is 1.71. The average Bonchev–Trinajstić information content (AvgIpc) is 3.17. The Labute approximate surface area is 217 Å². The normalized spacial score (nSPS) is 17.6. The Hall–Kier alpha value is -4.39. The molecule has 3 aromatic carbocycles. The number of fused-ring (bicyclic) bond motifs is 1. The molecule has 1 amide bonds. The molecular formula is C30H31N3O4. The molecule has 0 fully saturated rings. The largest absolute Gasteiger partial charge is 0.497 e. The third kappa shape index (κ3) is 5.26. The molecule has 1 unspecified atom stereocenters. The molecule has 0 spiro atoms. The molecule has 7 nitrogen and oxygen atoms in total. The van der Waals surface area contributed by atoms with Crippen LogP contribution in [0.2, 0.25) is 0 Å². The first-order valence-electron chi connectivity index (χ1n) is 12.1. The van der Waals surface area contributed by atoms with Gasteiger partial charge in [0.05, 0.1) is 19.8 Å². The highest BCUT2D eigenvalue weighted by atomic mass is 16.5. The van der Waals surface area contributed by atoms with Crippen LogP contribution >= 0.6 is 0 Å². The third-order valence-electron chi connectivity index (χ3n) is 6.68. The number of amides is 1. The van der Waals surface area contributed by atoms with Crippen LogP contribution in [0.15, 0.2) is 89.7 Å². The van der Waals surface area contributed by atoms with Crippen molar-refractivity contribution in [2.24, 2.45) is 5.10 Å². The Kier molecular flexibility index (Phi) is 7.72. The second kappa shape index (κ2) is 11.1. The SMILES string of the molecule is CCN1/C(=C\C=N\NC(=O)c2ccccc2)C(C)(Cc2cccc(C(=O)OC)c2)c2cc(OC)ccc21. The minimum absolute atomic E-state index is 0.274. The van der Waals surface area contributed by atoms with Crippen LogP contribution in [0.1, 0.15) is 45.7 Å². The summed E-state index contributed by atoms with van der Waals surface area (Å²) in [6, 6.07) is 22.5. The summed E-state index contributed by atoms with van der Waals surface area (Å²) in [5.74, 6) is 0.131. The first-order chi connectivity index (χ1) is 17.9. The van der Waals surface area contributed by atoms with E-state index in [4.69, 9.17) is 9.47 Å². The lowest BCUT2D eigenvalue weighted by molar-refractivity contribution is 0.0600. The van der Waals surface area contributed by atoms with E-state index in [9.17, 15) is 9.59 Å².